The number of thioether (sulfide) groups is 1. The Kier molecular flexibility index (Phi) is 6.66. The monoisotopic (exact) mass is 505 g/mol. The van der Waals surface area contributed by atoms with Gasteiger partial charge >= 0.3 is 6.36 Å². The van der Waals surface area contributed by atoms with E-state index in [-0.39, 0.29) is 21.6 Å². The zero-order valence-corrected chi connectivity index (χ0v) is 20.7. The maximum Gasteiger partial charge on any atom is 0.573 e. The second kappa shape index (κ2) is 9.26. The average Bonchev–Trinajstić information content (AvgIpc) is 3.23. The van der Waals surface area contributed by atoms with E-state index >= 15 is 0 Å². The van der Waals surface area contributed by atoms with Gasteiger partial charge in [0, 0.05) is 22.1 Å². The number of hydrogen-bond acceptors (Lipinski definition) is 5. The molecule has 0 aromatic heterocycles. The van der Waals surface area contributed by atoms with Crippen molar-refractivity contribution in [2.75, 3.05) is 6.61 Å². The first-order valence-electron chi connectivity index (χ1n) is 11.3. The van der Waals surface area contributed by atoms with Crippen LogP contribution in [0.2, 0.25) is 0 Å². The fraction of sp³-hybridized carbons (Fsp3) is 0.385. The Morgan fingerprint density at radius 3 is 2.54 bits per heavy atom. The van der Waals surface area contributed by atoms with E-state index < -0.39 is 17.5 Å². The quantitative estimate of drug-likeness (QED) is 0.436. The van der Waals surface area contributed by atoms with Crippen LogP contribution < -0.4 is 14.8 Å². The Morgan fingerprint density at radius 1 is 1.17 bits per heavy atom. The number of halogens is 3. The molecule has 2 amide bonds. The lowest BCUT2D eigenvalue weighted by molar-refractivity contribution is -0.274. The van der Waals surface area contributed by atoms with Crippen molar-refractivity contribution in [2.45, 2.75) is 52.3 Å². The normalized spacial score (nSPS) is 18.1. The molecule has 5 nitrogen and oxygen atoms in total. The summed E-state index contributed by atoms with van der Waals surface area (Å²) in [6.07, 6.45) is -1.72. The van der Waals surface area contributed by atoms with Crippen LogP contribution in [0.5, 0.6) is 11.5 Å². The highest BCUT2D eigenvalue weighted by atomic mass is 32.2. The third-order valence-electron chi connectivity index (χ3n) is 5.92. The largest absolute Gasteiger partial charge is 0.573 e. The number of ether oxygens (including phenoxy) is 2. The molecule has 0 aliphatic carbocycles. The maximum atomic E-state index is 13.3. The van der Waals surface area contributed by atoms with Crippen LogP contribution in [-0.2, 0) is 16.6 Å². The van der Waals surface area contributed by atoms with Crippen molar-refractivity contribution < 1.29 is 32.2 Å². The summed E-state index contributed by atoms with van der Waals surface area (Å²) in [5, 5.41) is 1.68. The number of alkyl halides is 3. The van der Waals surface area contributed by atoms with Gasteiger partial charge in [-0.25, -0.2) is 0 Å². The zero-order valence-electron chi connectivity index (χ0n) is 19.8. The van der Waals surface area contributed by atoms with Crippen LogP contribution >= 0.6 is 11.8 Å². The number of nitrogens with one attached hydrogen (secondary N) is 1. The lowest BCUT2D eigenvalue weighted by Crippen LogP contribution is -2.18. The summed E-state index contributed by atoms with van der Waals surface area (Å²) < 4.78 is 50.2. The molecule has 186 valence electrons. The van der Waals surface area contributed by atoms with Gasteiger partial charge in [-0.1, -0.05) is 39.8 Å². The van der Waals surface area contributed by atoms with E-state index in [1.54, 1.807) is 0 Å². The number of hydrogen-bond donors (Lipinski definition) is 1. The van der Waals surface area contributed by atoms with Crippen LogP contribution in [0.4, 0.5) is 18.0 Å². The first-order valence-corrected chi connectivity index (χ1v) is 12.1. The fourth-order valence-corrected chi connectivity index (χ4v) is 4.79. The number of fused-ring (bicyclic) bond motifs is 1. The molecule has 0 atom stereocenters. The summed E-state index contributed by atoms with van der Waals surface area (Å²) in [6.45, 7) is 8.72. The van der Waals surface area contributed by atoms with E-state index in [4.69, 9.17) is 4.74 Å². The topological polar surface area (TPSA) is 64.6 Å². The molecule has 0 spiro atoms. The number of rotatable bonds is 6. The van der Waals surface area contributed by atoms with Crippen LogP contribution in [-0.4, -0.2) is 24.1 Å². The average molecular weight is 506 g/mol. The van der Waals surface area contributed by atoms with Crippen LogP contribution in [0, 0.1) is 5.92 Å². The van der Waals surface area contributed by atoms with Crippen molar-refractivity contribution in [3.63, 3.8) is 0 Å². The van der Waals surface area contributed by atoms with Gasteiger partial charge in [0.2, 0.25) is 0 Å². The van der Waals surface area contributed by atoms with E-state index in [1.807, 2.05) is 19.9 Å². The molecule has 0 unspecified atom stereocenters. The van der Waals surface area contributed by atoms with Crippen LogP contribution in [0.3, 0.4) is 0 Å². The number of amides is 2. The van der Waals surface area contributed by atoms with E-state index in [0.29, 0.717) is 29.4 Å². The lowest BCUT2D eigenvalue weighted by Gasteiger charge is -2.19. The van der Waals surface area contributed by atoms with Crippen molar-refractivity contribution in [3.05, 3.63) is 51.9 Å². The Bertz CT molecular complexity index is 1220. The number of aryl methyl sites for hydroxylation is 1. The molecule has 1 N–H and O–H groups in total. The van der Waals surface area contributed by atoms with Crippen molar-refractivity contribution in [2.24, 2.45) is 5.92 Å². The third kappa shape index (κ3) is 5.66. The zero-order chi connectivity index (χ0) is 25.5. The molecule has 2 aromatic rings. The minimum atomic E-state index is -4.89. The molecule has 2 aliphatic rings. The summed E-state index contributed by atoms with van der Waals surface area (Å²) in [6, 6.07) is 8.11. The van der Waals surface area contributed by atoms with Crippen LogP contribution in [0.25, 0.3) is 17.2 Å². The van der Waals surface area contributed by atoms with Gasteiger partial charge in [-0.3, -0.25) is 14.9 Å². The molecule has 2 aliphatic heterocycles. The first kappa shape index (κ1) is 25.2. The molecular weight excluding hydrogens is 479 g/mol. The van der Waals surface area contributed by atoms with E-state index in [2.05, 4.69) is 30.0 Å². The second-order valence-corrected chi connectivity index (χ2v) is 10.8. The summed E-state index contributed by atoms with van der Waals surface area (Å²) in [5.74, 6) is 0.0886. The molecule has 0 bridgehead atoms. The van der Waals surface area contributed by atoms with Crippen LogP contribution in [0.1, 0.15) is 50.8 Å². The highest BCUT2D eigenvalue weighted by Gasteiger charge is 2.37. The van der Waals surface area contributed by atoms with Gasteiger partial charge in [0.05, 0.1) is 11.5 Å². The minimum absolute atomic E-state index is 0.165. The van der Waals surface area contributed by atoms with Crippen molar-refractivity contribution in [1.82, 2.24) is 5.32 Å². The molecule has 2 heterocycles. The first-order chi connectivity index (χ1) is 16.3. The van der Waals surface area contributed by atoms with Gasteiger partial charge in [-0.05, 0) is 65.9 Å². The van der Waals surface area contributed by atoms with Crippen molar-refractivity contribution >= 4 is 29.0 Å². The fourth-order valence-electron chi connectivity index (χ4n) is 4.11. The van der Waals surface area contributed by atoms with Gasteiger partial charge in [-0.15, -0.1) is 13.2 Å². The Morgan fingerprint density at radius 2 is 1.91 bits per heavy atom. The summed E-state index contributed by atoms with van der Waals surface area (Å²) >= 11 is 0.742. The minimum Gasteiger partial charge on any atom is -0.492 e. The molecule has 0 saturated carbocycles. The highest BCUT2D eigenvalue weighted by molar-refractivity contribution is 8.18. The molecule has 1 fully saturated rings. The Labute approximate surface area is 206 Å². The summed E-state index contributed by atoms with van der Waals surface area (Å²) in [7, 11) is 0. The number of benzene rings is 2. The number of imide groups is 1. The predicted octanol–water partition coefficient (Wildman–Crippen LogP) is 6.83. The highest BCUT2D eigenvalue weighted by Crippen LogP contribution is 2.48. The maximum absolute atomic E-state index is 13.3. The lowest BCUT2D eigenvalue weighted by atomic mass is 9.83. The predicted molar refractivity (Wildman–Crippen MR) is 129 cm³/mol. The Hall–Kier alpha value is -2.94. The summed E-state index contributed by atoms with van der Waals surface area (Å²) in [4.78, 5) is 23.7. The number of carbonyl (C=O) groups excluding carboxylic acids is 2. The van der Waals surface area contributed by atoms with E-state index in [0.717, 1.165) is 35.7 Å². The van der Waals surface area contributed by atoms with Crippen molar-refractivity contribution in [3.8, 4) is 22.6 Å². The SMILES string of the molecule is CC(C)CCc1cc(-c2cc(/C=C3/SC(=O)NC3=O)ccc2OC(F)(F)F)c2c(c1)C(C)(C)CO2. The third-order valence-corrected chi connectivity index (χ3v) is 6.74. The van der Waals surface area contributed by atoms with E-state index in [9.17, 15) is 22.8 Å². The van der Waals surface area contributed by atoms with Gasteiger partial charge < -0.3 is 9.47 Å². The molecule has 9 heteroatoms. The molecule has 35 heavy (non-hydrogen) atoms. The molecule has 0 radical (unpaired) electrons. The van der Waals surface area contributed by atoms with Gasteiger partial charge in [0.1, 0.15) is 11.5 Å². The molecule has 4 rings (SSSR count). The van der Waals surface area contributed by atoms with Gasteiger partial charge in [0.25, 0.3) is 11.1 Å². The van der Waals surface area contributed by atoms with Crippen molar-refractivity contribution in [1.29, 1.82) is 0 Å². The molecule has 1 saturated heterocycles. The summed E-state index contributed by atoms with van der Waals surface area (Å²) in [5.41, 5.74) is 2.80. The molecule has 2 aromatic carbocycles. The smallest absolute Gasteiger partial charge is 0.492 e. The van der Waals surface area contributed by atoms with Gasteiger partial charge in [0.15, 0.2) is 0 Å². The van der Waals surface area contributed by atoms with Gasteiger partial charge in [-0.2, -0.15) is 0 Å². The van der Waals surface area contributed by atoms with E-state index in [1.165, 1.54) is 24.3 Å². The Balaban J connectivity index is 1.89. The standard InChI is InChI=1S/C26H26F3NO4S/c1-14(2)5-6-15-10-18(22-19(11-15)25(3,4)13-33-22)17-9-16(7-8-20(17)34-26(27,28)29)12-21-23(31)30-24(32)35-21/h7-12,14H,5-6,13H2,1-4H3,(H,30,31,32)/b21-12+. The second-order valence-electron chi connectivity index (χ2n) is 9.78. The molecular formula is C26H26F3NO4S. The number of carbonyl (C=O) groups is 2. The van der Waals surface area contributed by atoms with Crippen LogP contribution in [0.15, 0.2) is 35.2 Å².